The fraction of sp³-hybridized carbons (Fsp3) is 0.583. The van der Waals surface area contributed by atoms with Gasteiger partial charge < -0.3 is 14.9 Å². The van der Waals surface area contributed by atoms with E-state index < -0.39 is 16.2 Å². The molecule has 1 N–H and O–H groups in total. The van der Waals surface area contributed by atoms with Crippen molar-refractivity contribution < 1.29 is 42.8 Å². The molecule has 0 spiro atoms. The van der Waals surface area contributed by atoms with Crippen molar-refractivity contribution in [2.75, 3.05) is 29.3 Å². The molecule has 7 rings (SSSR count). The molecule has 5 aliphatic rings. The van der Waals surface area contributed by atoms with E-state index in [0.717, 1.165) is 81.3 Å². The Kier molecular flexibility index (Phi) is 6.95. The molecule has 182 valence electrons. The smallest absolute Gasteiger partial charge is 0.423 e. The van der Waals surface area contributed by atoms with Crippen LogP contribution >= 0.6 is 0 Å². The standard InChI is InChI=1S/C24H32N6O3S.Na/c1-28-14-19(13-25-28)30(22-15-29-10-8-16(22)9-11-29)34(32,33)27-24(31)26-23-20-6-2-4-17(20)12-18-5-3-7-21(18)23;/h12-14,16,22H,2-11,15H2,1H3,(H2,26,27,31);/q;+1/p-1. The van der Waals surface area contributed by atoms with Crippen molar-refractivity contribution in [2.45, 2.75) is 57.4 Å². The fourth-order valence-corrected chi connectivity index (χ4v) is 7.75. The van der Waals surface area contributed by atoms with Gasteiger partial charge >= 0.3 is 29.6 Å². The van der Waals surface area contributed by atoms with Crippen molar-refractivity contribution in [1.82, 2.24) is 14.7 Å². The van der Waals surface area contributed by atoms with E-state index in [2.05, 4.69) is 26.1 Å². The molecular formula is C24H31N6NaO3S. The van der Waals surface area contributed by atoms with E-state index in [1.807, 2.05) is 0 Å². The molecule has 2 aromatic rings. The topological polar surface area (TPSA) is 102 Å². The summed E-state index contributed by atoms with van der Waals surface area (Å²) in [7, 11) is -2.51. The molecule has 0 radical (unpaired) electrons. The Bertz CT molecular complexity index is 1210. The van der Waals surface area contributed by atoms with Gasteiger partial charge in [-0.2, -0.15) is 5.10 Å². The van der Waals surface area contributed by atoms with Crippen LogP contribution in [0.15, 0.2) is 18.5 Å². The van der Waals surface area contributed by atoms with Crippen LogP contribution in [0, 0.1) is 5.92 Å². The SMILES string of the molecule is Cn1cc(N(C2CN3CCC2CC3)S(=O)(=O)[N-]C(=O)Nc2c3c(cc4c2CCC4)CCC3)cn1.[Na+]. The first-order valence-corrected chi connectivity index (χ1v) is 13.7. The summed E-state index contributed by atoms with van der Waals surface area (Å²) in [6, 6.07) is 1.22. The summed E-state index contributed by atoms with van der Waals surface area (Å²) in [6.45, 7) is 2.63. The molecule has 35 heavy (non-hydrogen) atoms. The molecule has 2 aliphatic carbocycles. The van der Waals surface area contributed by atoms with E-state index in [-0.39, 0.29) is 41.5 Å². The first-order valence-electron chi connectivity index (χ1n) is 12.3. The van der Waals surface area contributed by atoms with Crippen molar-refractivity contribution in [2.24, 2.45) is 13.0 Å². The van der Waals surface area contributed by atoms with Gasteiger partial charge in [0.1, 0.15) is 0 Å². The molecule has 1 atom stereocenters. The van der Waals surface area contributed by atoms with Gasteiger partial charge in [0.05, 0.1) is 17.9 Å². The zero-order valence-corrected chi connectivity index (χ0v) is 23.4. The third kappa shape index (κ3) is 4.64. The number of urea groups is 1. The molecule has 1 aromatic carbocycles. The van der Waals surface area contributed by atoms with Crippen LogP contribution in [-0.2, 0) is 42.9 Å². The molecule has 3 saturated heterocycles. The summed E-state index contributed by atoms with van der Waals surface area (Å²) in [6.07, 6.45) is 11.1. The van der Waals surface area contributed by atoms with E-state index in [0.29, 0.717) is 12.2 Å². The van der Waals surface area contributed by atoms with Crippen LogP contribution in [0.4, 0.5) is 16.2 Å². The molecule has 4 heterocycles. The maximum absolute atomic E-state index is 13.6. The van der Waals surface area contributed by atoms with Crippen LogP contribution in [0.3, 0.4) is 0 Å². The minimum Gasteiger partial charge on any atom is -0.423 e. The fourth-order valence-electron chi connectivity index (χ4n) is 6.46. The van der Waals surface area contributed by atoms with Crippen molar-refractivity contribution in [1.29, 1.82) is 0 Å². The summed E-state index contributed by atoms with van der Waals surface area (Å²) >= 11 is 0. The molecule has 3 fully saturated rings. The van der Waals surface area contributed by atoms with Crippen molar-refractivity contribution in [3.8, 4) is 0 Å². The number of nitrogens with one attached hydrogen (secondary N) is 1. The zero-order chi connectivity index (χ0) is 23.4. The minimum absolute atomic E-state index is 0. The van der Waals surface area contributed by atoms with E-state index in [1.54, 1.807) is 24.1 Å². The molecule has 2 amide bonds. The van der Waals surface area contributed by atoms with Crippen LogP contribution in [0.25, 0.3) is 4.72 Å². The molecular weight excluding hydrogens is 475 g/mol. The first kappa shape index (κ1) is 25.1. The Labute approximate surface area is 229 Å². The van der Waals surface area contributed by atoms with Gasteiger partial charge in [-0.15, -0.1) is 0 Å². The summed E-state index contributed by atoms with van der Waals surface area (Å²) in [5.41, 5.74) is 6.14. The second-order valence-corrected chi connectivity index (χ2v) is 11.6. The maximum atomic E-state index is 13.6. The second kappa shape index (κ2) is 9.70. The normalized spacial score (nSPS) is 24.4. The number of hydrogen-bond donors (Lipinski definition) is 1. The number of aromatic nitrogens is 2. The van der Waals surface area contributed by atoms with Crippen molar-refractivity contribution in [3.05, 3.63) is 45.4 Å². The Balaban J connectivity index is 0.00000253. The predicted octanol–water partition coefficient (Wildman–Crippen LogP) is 0.153. The van der Waals surface area contributed by atoms with Gasteiger partial charge in [0.15, 0.2) is 6.03 Å². The number of nitrogens with zero attached hydrogens (tertiary/aromatic N) is 5. The third-order valence-electron chi connectivity index (χ3n) is 8.02. The van der Waals surface area contributed by atoms with Gasteiger partial charge in [0.25, 0.3) is 10.2 Å². The molecule has 11 heteroatoms. The van der Waals surface area contributed by atoms with Crippen LogP contribution in [0.5, 0.6) is 0 Å². The van der Waals surface area contributed by atoms with Gasteiger partial charge in [-0.25, -0.2) is 8.42 Å². The largest absolute Gasteiger partial charge is 1.00 e. The van der Waals surface area contributed by atoms with Crippen molar-refractivity contribution >= 4 is 27.6 Å². The summed E-state index contributed by atoms with van der Waals surface area (Å²) in [4.78, 5) is 15.4. The molecule has 3 aliphatic heterocycles. The Morgan fingerprint density at radius 1 is 1.11 bits per heavy atom. The number of amides is 2. The number of hydrogen-bond acceptors (Lipinski definition) is 5. The third-order valence-corrected chi connectivity index (χ3v) is 9.40. The summed E-state index contributed by atoms with van der Waals surface area (Å²) < 4.78 is 34.0. The number of rotatable bonds is 5. The van der Waals surface area contributed by atoms with E-state index in [9.17, 15) is 13.2 Å². The van der Waals surface area contributed by atoms with Gasteiger partial charge in [-0.3, -0.25) is 13.8 Å². The zero-order valence-electron chi connectivity index (χ0n) is 20.5. The minimum atomic E-state index is -4.27. The van der Waals surface area contributed by atoms with Crippen LogP contribution < -0.4 is 39.2 Å². The van der Waals surface area contributed by atoms with Gasteiger partial charge in [0, 0.05) is 19.8 Å². The summed E-state index contributed by atoms with van der Waals surface area (Å²) in [5, 5.41) is 7.09. The Hall–Kier alpha value is -1.59. The number of benzene rings is 1. The number of aryl methyl sites for hydroxylation is 3. The molecule has 0 saturated carbocycles. The number of anilines is 2. The molecule has 1 unspecified atom stereocenters. The average molecular weight is 507 g/mol. The van der Waals surface area contributed by atoms with Crippen molar-refractivity contribution in [3.63, 3.8) is 0 Å². The number of piperidine rings is 3. The summed E-state index contributed by atoms with van der Waals surface area (Å²) in [5.74, 6) is 0.249. The Morgan fingerprint density at radius 3 is 2.31 bits per heavy atom. The number of carbonyl (C=O) groups is 1. The molecule has 2 bridgehead atoms. The van der Waals surface area contributed by atoms with Gasteiger partial charge in [-0.05, 0) is 98.3 Å². The number of carbonyl (C=O) groups excluding carboxylic acids is 1. The van der Waals surface area contributed by atoms with Gasteiger partial charge in [-0.1, -0.05) is 6.07 Å². The monoisotopic (exact) mass is 506 g/mol. The Morgan fingerprint density at radius 2 is 1.77 bits per heavy atom. The van der Waals surface area contributed by atoms with Gasteiger partial charge in [0.2, 0.25) is 0 Å². The van der Waals surface area contributed by atoms with Crippen LogP contribution in [-0.4, -0.2) is 54.8 Å². The molecule has 1 aromatic heterocycles. The second-order valence-electron chi connectivity index (χ2n) is 10.1. The van der Waals surface area contributed by atoms with E-state index in [1.165, 1.54) is 15.4 Å². The van der Waals surface area contributed by atoms with E-state index in [4.69, 9.17) is 0 Å². The number of fused-ring (bicyclic) bond motifs is 5. The van der Waals surface area contributed by atoms with E-state index >= 15 is 0 Å². The van der Waals surface area contributed by atoms with Crippen LogP contribution in [0.1, 0.15) is 47.9 Å². The quantitative estimate of drug-likeness (QED) is 0.582. The predicted molar refractivity (Wildman–Crippen MR) is 130 cm³/mol. The van der Waals surface area contributed by atoms with Crippen LogP contribution in [0.2, 0.25) is 0 Å². The molecule has 9 nitrogen and oxygen atoms in total. The maximum Gasteiger partial charge on any atom is 1.00 e. The first-order chi connectivity index (χ1) is 16.4. The average Bonchev–Trinajstić information content (AvgIpc) is 3.55.